The summed E-state index contributed by atoms with van der Waals surface area (Å²) in [6.07, 6.45) is 5.14. The Hall–Kier alpha value is -0.540. The highest BCUT2D eigenvalue weighted by Gasteiger charge is 2.37. The normalized spacial score (nSPS) is 23.9. The summed E-state index contributed by atoms with van der Waals surface area (Å²) in [6, 6.07) is 6.19. The van der Waals surface area contributed by atoms with Crippen molar-refractivity contribution in [2.45, 2.75) is 45.6 Å². The molecule has 1 aliphatic rings. The molecule has 106 valence electrons. The van der Waals surface area contributed by atoms with Gasteiger partial charge in [0.1, 0.15) is 5.75 Å². The van der Waals surface area contributed by atoms with Gasteiger partial charge in [-0.2, -0.15) is 0 Å². The number of hydrogen-bond acceptors (Lipinski definition) is 2. The number of methoxy groups -OCH3 is 1. The van der Waals surface area contributed by atoms with E-state index in [0.29, 0.717) is 11.3 Å². The third kappa shape index (κ3) is 3.14. The van der Waals surface area contributed by atoms with Crippen molar-refractivity contribution in [2.75, 3.05) is 7.11 Å². The molecule has 0 heterocycles. The quantitative estimate of drug-likeness (QED) is 0.876. The van der Waals surface area contributed by atoms with Gasteiger partial charge in [0.15, 0.2) is 0 Å². The molecule has 1 aromatic rings. The molecular formula is C16H24BrNO. The molecule has 0 bridgehead atoms. The fourth-order valence-electron chi connectivity index (χ4n) is 3.31. The molecule has 2 nitrogen and oxygen atoms in total. The van der Waals surface area contributed by atoms with E-state index in [4.69, 9.17) is 10.5 Å². The van der Waals surface area contributed by atoms with Crippen LogP contribution in [0, 0.1) is 11.3 Å². The van der Waals surface area contributed by atoms with Gasteiger partial charge in [-0.15, -0.1) is 0 Å². The highest BCUT2D eigenvalue weighted by Crippen LogP contribution is 2.47. The molecule has 1 aliphatic carbocycles. The predicted molar refractivity (Wildman–Crippen MR) is 83.4 cm³/mol. The smallest absolute Gasteiger partial charge is 0.120 e. The Morgan fingerprint density at radius 1 is 1.37 bits per heavy atom. The van der Waals surface area contributed by atoms with E-state index in [9.17, 15) is 0 Å². The molecule has 0 aliphatic heterocycles. The van der Waals surface area contributed by atoms with Crippen molar-refractivity contribution in [1.82, 2.24) is 0 Å². The zero-order chi connectivity index (χ0) is 14.0. The minimum atomic E-state index is 0.0931. The summed E-state index contributed by atoms with van der Waals surface area (Å²) >= 11 is 3.63. The van der Waals surface area contributed by atoms with E-state index in [-0.39, 0.29) is 6.04 Å². The van der Waals surface area contributed by atoms with Gasteiger partial charge in [-0.05, 0) is 41.9 Å². The third-order valence-electron chi connectivity index (χ3n) is 4.59. The second-order valence-electron chi connectivity index (χ2n) is 6.25. The van der Waals surface area contributed by atoms with Gasteiger partial charge in [-0.25, -0.2) is 0 Å². The van der Waals surface area contributed by atoms with Crippen LogP contribution < -0.4 is 10.5 Å². The Balaban J connectivity index is 2.25. The molecule has 19 heavy (non-hydrogen) atoms. The molecule has 0 saturated heterocycles. The van der Waals surface area contributed by atoms with Crippen molar-refractivity contribution in [3.8, 4) is 5.75 Å². The molecule has 0 spiro atoms. The van der Waals surface area contributed by atoms with E-state index >= 15 is 0 Å². The summed E-state index contributed by atoms with van der Waals surface area (Å²) < 4.78 is 6.30. The molecule has 0 aromatic heterocycles. The predicted octanol–water partition coefficient (Wildman–Crippen LogP) is 4.67. The van der Waals surface area contributed by atoms with E-state index in [1.165, 1.54) is 31.2 Å². The van der Waals surface area contributed by atoms with Crippen molar-refractivity contribution in [3.63, 3.8) is 0 Å². The fraction of sp³-hybridized carbons (Fsp3) is 0.625. The van der Waals surface area contributed by atoms with Gasteiger partial charge in [0.2, 0.25) is 0 Å². The van der Waals surface area contributed by atoms with Crippen LogP contribution in [-0.2, 0) is 0 Å². The van der Waals surface area contributed by atoms with Gasteiger partial charge >= 0.3 is 0 Å². The van der Waals surface area contributed by atoms with Crippen LogP contribution in [0.2, 0.25) is 0 Å². The molecule has 2 unspecified atom stereocenters. The summed E-state index contributed by atoms with van der Waals surface area (Å²) in [5.74, 6) is 1.41. The van der Waals surface area contributed by atoms with E-state index in [1.54, 1.807) is 7.11 Å². The van der Waals surface area contributed by atoms with E-state index in [0.717, 1.165) is 10.2 Å². The van der Waals surface area contributed by atoms with Crippen molar-refractivity contribution >= 4 is 15.9 Å². The van der Waals surface area contributed by atoms with Crippen LogP contribution in [0.15, 0.2) is 22.7 Å². The van der Waals surface area contributed by atoms with Crippen molar-refractivity contribution < 1.29 is 4.74 Å². The fourth-order valence-corrected chi connectivity index (χ4v) is 3.93. The van der Waals surface area contributed by atoms with Crippen molar-refractivity contribution in [3.05, 3.63) is 28.2 Å². The Morgan fingerprint density at radius 2 is 2.11 bits per heavy atom. The van der Waals surface area contributed by atoms with Crippen LogP contribution >= 0.6 is 15.9 Å². The third-order valence-corrected chi connectivity index (χ3v) is 5.28. The average Bonchev–Trinajstić information content (AvgIpc) is 2.37. The highest BCUT2D eigenvalue weighted by atomic mass is 79.9. The van der Waals surface area contributed by atoms with Gasteiger partial charge in [-0.3, -0.25) is 0 Å². The minimum absolute atomic E-state index is 0.0931. The van der Waals surface area contributed by atoms with Crippen LogP contribution in [0.4, 0.5) is 0 Å². The summed E-state index contributed by atoms with van der Waals surface area (Å²) in [5, 5.41) is 0. The molecule has 2 N–H and O–H groups in total. The number of benzene rings is 1. The molecule has 2 rings (SSSR count). The van der Waals surface area contributed by atoms with Gasteiger partial charge < -0.3 is 10.5 Å². The maximum atomic E-state index is 6.57. The molecule has 1 aromatic carbocycles. The molecule has 0 radical (unpaired) electrons. The molecule has 3 heteroatoms. The summed E-state index contributed by atoms with van der Waals surface area (Å²) in [4.78, 5) is 0. The van der Waals surface area contributed by atoms with Crippen LogP contribution in [0.3, 0.4) is 0 Å². The first-order valence-corrected chi connectivity index (χ1v) is 7.84. The van der Waals surface area contributed by atoms with E-state index in [1.807, 2.05) is 12.1 Å². The number of rotatable bonds is 3. The Bertz CT molecular complexity index is 444. The van der Waals surface area contributed by atoms with Crippen LogP contribution in [0.5, 0.6) is 5.75 Å². The van der Waals surface area contributed by atoms with E-state index < -0.39 is 0 Å². The maximum Gasteiger partial charge on any atom is 0.120 e. The van der Waals surface area contributed by atoms with Crippen LogP contribution in [0.1, 0.15) is 51.1 Å². The minimum Gasteiger partial charge on any atom is -0.497 e. The topological polar surface area (TPSA) is 35.2 Å². The maximum absolute atomic E-state index is 6.57. The first kappa shape index (κ1) is 14.9. The largest absolute Gasteiger partial charge is 0.497 e. The Morgan fingerprint density at radius 3 is 2.68 bits per heavy atom. The second kappa shape index (κ2) is 5.84. The number of hydrogen-bond donors (Lipinski definition) is 1. The van der Waals surface area contributed by atoms with Gasteiger partial charge in [0.05, 0.1) is 7.11 Å². The van der Waals surface area contributed by atoms with Gasteiger partial charge in [0, 0.05) is 10.5 Å². The van der Waals surface area contributed by atoms with Crippen molar-refractivity contribution in [1.29, 1.82) is 0 Å². The number of ether oxygens (including phenoxy) is 1. The molecule has 1 fully saturated rings. The van der Waals surface area contributed by atoms with Crippen LogP contribution in [0.25, 0.3) is 0 Å². The zero-order valence-electron chi connectivity index (χ0n) is 12.1. The first-order chi connectivity index (χ1) is 8.95. The lowest BCUT2D eigenvalue weighted by Gasteiger charge is -2.42. The Labute approximate surface area is 124 Å². The summed E-state index contributed by atoms with van der Waals surface area (Å²) in [6.45, 7) is 4.71. The first-order valence-electron chi connectivity index (χ1n) is 7.05. The van der Waals surface area contributed by atoms with Crippen molar-refractivity contribution in [2.24, 2.45) is 17.1 Å². The molecule has 2 atom stereocenters. The SMILES string of the molecule is COc1ccc(C(N)C2CCCCC2(C)C)c(Br)c1. The number of halogens is 1. The highest BCUT2D eigenvalue weighted by molar-refractivity contribution is 9.10. The average molecular weight is 326 g/mol. The molecular weight excluding hydrogens is 302 g/mol. The molecule has 0 amide bonds. The lowest BCUT2D eigenvalue weighted by atomic mass is 9.65. The van der Waals surface area contributed by atoms with Gasteiger partial charge in [0.25, 0.3) is 0 Å². The zero-order valence-corrected chi connectivity index (χ0v) is 13.7. The van der Waals surface area contributed by atoms with Gasteiger partial charge in [-0.1, -0.05) is 48.7 Å². The lowest BCUT2D eigenvalue weighted by molar-refractivity contribution is 0.112. The monoisotopic (exact) mass is 325 g/mol. The molecule has 1 saturated carbocycles. The standard InChI is InChI=1S/C16H24BrNO/c1-16(2)9-5-4-6-13(16)15(18)12-8-7-11(19-3)10-14(12)17/h7-8,10,13,15H,4-6,9,18H2,1-3H3. The summed E-state index contributed by atoms with van der Waals surface area (Å²) in [5.41, 5.74) is 8.09. The second-order valence-corrected chi connectivity index (χ2v) is 7.11. The lowest BCUT2D eigenvalue weighted by Crippen LogP contribution is -2.36. The summed E-state index contributed by atoms with van der Waals surface area (Å²) in [7, 11) is 1.69. The Kier molecular flexibility index (Phi) is 4.57. The van der Waals surface area contributed by atoms with E-state index in [2.05, 4.69) is 35.8 Å². The number of nitrogens with two attached hydrogens (primary N) is 1. The van der Waals surface area contributed by atoms with Crippen LogP contribution in [-0.4, -0.2) is 7.11 Å².